The summed E-state index contributed by atoms with van der Waals surface area (Å²) in [5.41, 5.74) is 1.73. The number of nitrogens with one attached hydrogen (secondary N) is 1. The smallest absolute Gasteiger partial charge is 0.253 e. The first-order valence-corrected chi connectivity index (χ1v) is 11.3. The predicted octanol–water partition coefficient (Wildman–Crippen LogP) is 5.06. The molecule has 0 bridgehead atoms. The van der Waals surface area contributed by atoms with Crippen molar-refractivity contribution in [1.82, 2.24) is 5.32 Å². The Labute approximate surface area is 190 Å². The standard InChI is InChI=1S/C25H25BrN2O3/c1-3-16(2)24(29)27-21-15-31-23-11-7-6-10-22(23)28(25(21)30)14-17-12-13-20(26)19-9-5-4-8-18(17)19/h4-13,16,21H,3,14-15H2,1-2H3,(H,27,29)/t16-,21+/m1/s1. The van der Waals surface area contributed by atoms with Crippen molar-refractivity contribution in [2.24, 2.45) is 5.92 Å². The number of nitrogens with zero attached hydrogens (tertiary/aromatic N) is 1. The Kier molecular flexibility index (Phi) is 6.28. The van der Waals surface area contributed by atoms with E-state index in [-0.39, 0.29) is 24.3 Å². The number of rotatable bonds is 5. The van der Waals surface area contributed by atoms with Crippen molar-refractivity contribution in [3.05, 3.63) is 70.7 Å². The van der Waals surface area contributed by atoms with Crippen molar-refractivity contribution < 1.29 is 14.3 Å². The van der Waals surface area contributed by atoms with E-state index in [0.29, 0.717) is 24.4 Å². The van der Waals surface area contributed by atoms with Gasteiger partial charge in [-0.15, -0.1) is 0 Å². The van der Waals surface area contributed by atoms with Crippen LogP contribution in [0.15, 0.2) is 65.1 Å². The normalized spacial score (nSPS) is 16.9. The van der Waals surface area contributed by atoms with Crippen LogP contribution in [0.2, 0.25) is 0 Å². The summed E-state index contributed by atoms with van der Waals surface area (Å²) >= 11 is 3.62. The Hall–Kier alpha value is -2.86. The number of anilines is 1. The lowest BCUT2D eigenvalue weighted by molar-refractivity contribution is -0.130. The Morgan fingerprint density at radius 2 is 1.84 bits per heavy atom. The van der Waals surface area contributed by atoms with Crippen molar-refractivity contribution in [3.8, 4) is 5.75 Å². The van der Waals surface area contributed by atoms with Gasteiger partial charge in [0.1, 0.15) is 18.4 Å². The minimum Gasteiger partial charge on any atom is -0.489 e. The van der Waals surface area contributed by atoms with Gasteiger partial charge in [0.05, 0.1) is 12.2 Å². The maximum Gasteiger partial charge on any atom is 0.253 e. The van der Waals surface area contributed by atoms with Crippen LogP contribution in [0.1, 0.15) is 25.8 Å². The number of hydrogen-bond donors (Lipinski definition) is 1. The third-order valence-electron chi connectivity index (χ3n) is 5.79. The zero-order chi connectivity index (χ0) is 22.0. The number of carbonyl (C=O) groups is 2. The molecule has 1 aliphatic heterocycles. The number of halogens is 1. The molecule has 3 aromatic carbocycles. The zero-order valence-corrected chi connectivity index (χ0v) is 19.2. The average molecular weight is 481 g/mol. The number of benzene rings is 3. The summed E-state index contributed by atoms with van der Waals surface area (Å²) in [6, 6.07) is 18.9. The van der Waals surface area contributed by atoms with Crippen LogP contribution in [0.5, 0.6) is 5.75 Å². The highest BCUT2D eigenvalue weighted by Gasteiger charge is 2.33. The molecular formula is C25H25BrN2O3. The molecule has 1 N–H and O–H groups in total. The van der Waals surface area contributed by atoms with E-state index >= 15 is 0 Å². The van der Waals surface area contributed by atoms with Crippen LogP contribution in [0.25, 0.3) is 10.8 Å². The van der Waals surface area contributed by atoms with Crippen LogP contribution >= 0.6 is 15.9 Å². The highest BCUT2D eigenvalue weighted by atomic mass is 79.9. The molecule has 4 rings (SSSR count). The Bertz CT molecular complexity index is 1130. The quantitative estimate of drug-likeness (QED) is 0.555. The summed E-state index contributed by atoms with van der Waals surface area (Å²) in [6.07, 6.45) is 0.711. The molecule has 6 heteroatoms. The zero-order valence-electron chi connectivity index (χ0n) is 17.6. The fraction of sp³-hybridized carbons (Fsp3) is 0.280. The van der Waals surface area contributed by atoms with E-state index in [1.807, 2.05) is 62.4 Å². The monoisotopic (exact) mass is 480 g/mol. The molecule has 0 saturated heterocycles. The van der Waals surface area contributed by atoms with Gasteiger partial charge in [0.2, 0.25) is 5.91 Å². The molecular weight excluding hydrogens is 456 g/mol. The van der Waals surface area contributed by atoms with Gasteiger partial charge in [0, 0.05) is 10.4 Å². The van der Waals surface area contributed by atoms with Crippen LogP contribution in [0.4, 0.5) is 5.69 Å². The second-order valence-electron chi connectivity index (χ2n) is 7.83. The molecule has 0 spiro atoms. The maximum atomic E-state index is 13.6. The van der Waals surface area contributed by atoms with Crippen molar-refractivity contribution in [1.29, 1.82) is 0 Å². The fourth-order valence-corrected chi connectivity index (χ4v) is 4.23. The van der Waals surface area contributed by atoms with Crippen LogP contribution < -0.4 is 15.0 Å². The van der Waals surface area contributed by atoms with Crippen LogP contribution in [-0.4, -0.2) is 24.5 Å². The van der Waals surface area contributed by atoms with Crippen LogP contribution in [0.3, 0.4) is 0 Å². The van der Waals surface area contributed by atoms with Gasteiger partial charge >= 0.3 is 0 Å². The third kappa shape index (κ3) is 4.30. The molecule has 0 unspecified atom stereocenters. The van der Waals surface area contributed by atoms with E-state index in [1.54, 1.807) is 4.90 Å². The minimum atomic E-state index is -0.740. The molecule has 160 valence electrons. The molecule has 2 amide bonds. The molecule has 0 saturated carbocycles. The molecule has 0 fully saturated rings. The van der Waals surface area contributed by atoms with E-state index in [4.69, 9.17) is 4.74 Å². The molecule has 1 heterocycles. The highest BCUT2D eigenvalue weighted by molar-refractivity contribution is 9.10. The summed E-state index contributed by atoms with van der Waals surface area (Å²) in [6.45, 7) is 4.30. The number of amides is 2. The van der Waals surface area contributed by atoms with Crippen molar-refractivity contribution in [2.75, 3.05) is 11.5 Å². The fourth-order valence-electron chi connectivity index (χ4n) is 3.75. The first-order valence-electron chi connectivity index (χ1n) is 10.5. The lowest BCUT2D eigenvalue weighted by Crippen LogP contribution is -2.51. The minimum absolute atomic E-state index is 0.107. The van der Waals surface area contributed by atoms with E-state index in [2.05, 4.69) is 33.4 Å². The first-order chi connectivity index (χ1) is 15.0. The van der Waals surface area contributed by atoms with Gasteiger partial charge in [-0.05, 0) is 41.0 Å². The summed E-state index contributed by atoms with van der Waals surface area (Å²) in [5.74, 6) is 0.165. The van der Waals surface area contributed by atoms with E-state index < -0.39 is 6.04 Å². The number of hydrogen-bond acceptors (Lipinski definition) is 3. The van der Waals surface area contributed by atoms with Gasteiger partial charge in [-0.3, -0.25) is 9.59 Å². The third-order valence-corrected chi connectivity index (χ3v) is 6.48. The summed E-state index contributed by atoms with van der Waals surface area (Å²) < 4.78 is 6.95. The second kappa shape index (κ2) is 9.10. The molecule has 2 atom stereocenters. The first kappa shape index (κ1) is 21.4. The summed E-state index contributed by atoms with van der Waals surface area (Å²) in [7, 11) is 0. The van der Waals surface area contributed by atoms with Crippen LogP contribution in [-0.2, 0) is 16.1 Å². The number of carbonyl (C=O) groups excluding carboxylic acids is 2. The topological polar surface area (TPSA) is 58.6 Å². The molecule has 3 aromatic rings. The highest BCUT2D eigenvalue weighted by Crippen LogP contribution is 2.34. The maximum absolute atomic E-state index is 13.6. The average Bonchev–Trinajstić information content (AvgIpc) is 2.92. The number of para-hydroxylation sites is 2. The van der Waals surface area contributed by atoms with Gasteiger partial charge < -0.3 is 15.0 Å². The Morgan fingerprint density at radius 1 is 1.13 bits per heavy atom. The lowest BCUT2D eigenvalue weighted by Gasteiger charge is -2.26. The van der Waals surface area contributed by atoms with Gasteiger partial charge in [-0.1, -0.05) is 72.2 Å². The Balaban J connectivity index is 1.72. The van der Waals surface area contributed by atoms with E-state index in [0.717, 1.165) is 20.8 Å². The van der Waals surface area contributed by atoms with Crippen molar-refractivity contribution in [3.63, 3.8) is 0 Å². The molecule has 0 radical (unpaired) electrons. The molecule has 0 aromatic heterocycles. The number of fused-ring (bicyclic) bond motifs is 2. The molecule has 1 aliphatic rings. The van der Waals surface area contributed by atoms with Crippen LogP contribution in [0, 0.1) is 5.92 Å². The van der Waals surface area contributed by atoms with Crippen molar-refractivity contribution in [2.45, 2.75) is 32.9 Å². The van der Waals surface area contributed by atoms with Gasteiger partial charge in [0.15, 0.2) is 0 Å². The summed E-state index contributed by atoms with van der Waals surface area (Å²) in [5, 5.41) is 5.06. The summed E-state index contributed by atoms with van der Waals surface area (Å²) in [4.78, 5) is 27.8. The Morgan fingerprint density at radius 3 is 2.61 bits per heavy atom. The molecule has 5 nitrogen and oxygen atoms in total. The number of ether oxygens (including phenoxy) is 1. The SMILES string of the molecule is CC[C@@H](C)C(=O)N[C@H]1COc2ccccc2N(Cc2ccc(Br)c3ccccc23)C1=O. The van der Waals surface area contributed by atoms with E-state index in [9.17, 15) is 9.59 Å². The lowest BCUT2D eigenvalue weighted by atomic mass is 10.0. The largest absolute Gasteiger partial charge is 0.489 e. The molecule has 31 heavy (non-hydrogen) atoms. The van der Waals surface area contributed by atoms with Gasteiger partial charge in [-0.2, -0.15) is 0 Å². The van der Waals surface area contributed by atoms with Gasteiger partial charge in [-0.25, -0.2) is 0 Å². The van der Waals surface area contributed by atoms with Gasteiger partial charge in [0.25, 0.3) is 5.91 Å². The molecule has 0 aliphatic carbocycles. The predicted molar refractivity (Wildman–Crippen MR) is 126 cm³/mol. The van der Waals surface area contributed by atoms with E-state index in [1.165, 1.54) is 0 Å². The second-order valence-corrected chi connectivity index (χ2v) is 8.68. The van der Waals surface area contributed by atoms with Crippen molar-refractivity contribution >= 4 is 44.2 Å².